The second kappa shape index (κ2) is 10.5. The number of nitrogens with zero attached hydrogens (tertiary/aromatic N) is 3. The second-order valence-corrected chi connectivity index (χ2v) is 7.83. The van der Waals surface area contributed by atoms with E-state index in [0.29, 0.717) is 22.8 Å². The maximum atomic E-state index is 12.1. The molecule has 4 aromatic rings. The zero-order chi connectivity index (χ0) is 24.8. The van der Waals surface area contributed by atoms with Crippen LogP contribution in [0.3, 0.4) is 0 Å². The van der Waals surface area contributed by atoms with Gasteiger partial charge in [0.2, 0.25) is 5.91 Å². The van der Waals surface area contributed by atoms with Gasteiger partial charge in [-0.25, -0.2) is 14.8 Å². The van der Waals surface area contributed by atoms with Crippen molar-refractivity contribution in [2.24, 2.45) is 0 Å². The molecular formula is C25H24N6O4. The van der Waals surface area contributed by atoms with Crippen molar-refractivity contribution in [2.75, 3.05) is 17.2 Å². The highest BCUT2D eigenvalue weighted by molar-refractivity contribution is 5.97. The number of carbonyl (C=O) groups is 2. The molecule has 2 amide bonds. The first-order chi connectivity index (χ1) is 16.9. The quantitative estimate of drug-likeness (QED) is 0.288. The van der Waals surface area contributed by atoms with E-state index >= 15 is 0 Å². The molecule has 0 aliphatic carbocycles. The molecule has 0 spiro atoms. The summed E-state index contributed by atoms with van der Waals surface area (Å²) in [5.74, 6) is 1.65. The number of fused-ring (bicyclic) bond motifs is 1. The van der Waals surface area contributed by atoms with Crippen molar-refractivity contribution in [3.63, 3.8) is 0 Å². The monoisotopic (exact) mass is 472 g/mol. The Morgan fingerprint density at radius 1 is 0.971 bits per heavy atom. The van der Waals surface area contributed by atoms with Gasteiger partial charge in [0, 0.05) is 35.4 Å². The zero-order valence-corrected chi connectivity index (χ0v) is 19.2. The van der Waals surface area contributed by atoms with E-state index in [1.54, 1.807) is 24.4 Å². The van der Waals surface area contributed by atoms with Crippen LogP contribution in [0, 0.1) is 13.8 Å². The number of nitrogens with one attached hydrogen (secondary N) is 3. The molecule has 4 rings (SSSR count). The smallest absolute Gasteiger partial charge is 0.404 e. The van der Waals surface area contributed by atoms with E-state index in [2.05, 4.69) is 30.9 Å². The van der Waals surface area contributed by atoms with Crippen molar-refractivity contribution < 1.29 is 19.4 Å². The highest BCUT2D eigenvalue weighted by Crippen LogP contribution is 2.30. The summed E-state index contributed by atoms with van der Waals surface area (Å²) in [6.45, 7) is 3.90. The third-order valence-corrected chi connectivity index (χ3v) is 5.10. The Morgan fingerprint density at radius 2 is 1.80 bits per heavy atom. The Bertz CT molecular complexity index is 1370. The number of amides is 2. The Balaban J connectivity index is 1.49. The van der Waals surface area contributed by atoms with E-state index in [9.17, 15) is 9.59 Å². The largest absolute Gasteiger partial charge is 0.465 e. The minimum absolute atomic E-state index is 0.0209. The number of ether oxygens (including phenoxy) is 1. The Kier molecular flexibility index (Phi) is 7.01. The molecule has 35 heavy (non-hydrogen) atoms. The normalized spacial score (nSPS) is 10.6. The lowest BCUT2D eigenvalue weighted by molar-refractivity contribution is -0.116. The van der Waals surface area contributed by atoms with E-state index < -0.39 is 6.09 Å². The fraction of sp³-hybridized carbons (Fsp3) is 0.160. The fourth-order valence-corrected chi connectivity index (χ4v) is 3.36. The molecule has 2 heterocycles. The van der Waals surface area contributed by atoms with E-state index in [1.807, 2.05) is 44.2 Å². The number of carbonyl (C=O) groups excluding carboxylic acids is 1. The van der Waals surface area contributed by atoms with Crippen molar-refractivity contribution in [1.29, 1.82) is 0 Å². The van der Waals surface area contributed by atoms with Crippen molar-refractivity contribution in [2.45, 2.75) is 20.3 Å². The van der Waals surface area contributed by atoms with Gasteiger partial charge in [-0.1, -0.05) is 0 Å². The molecule has 0 atom stereocenters. The number of aryl methyl sites for hydroxylation is 2. The average molecular weight is 473 g/mol. The molecule has 0 unspecified atom stereocenters. The predicted octanol–water partition coefficient (Wildman–Crippen LogP) is 4.77. The molecule has 0 bridgehead atoms. The van der Waals surface area contributed by atoms with Crippen LogP contribution in [-0.4, -0.2) is 38.6 Å². The van der Waals surface area contributed by atoms with Crippen molar-refractivity contribution in [3.05, 3.63) is 72.3 Å². The summed E-state index contributed by atoms with van der Waals surface area (Å²) in [5, 5.41) is 17.6. The van der Waals surface area contributed by atoms with Gasteiger partial charge in [-0.05, 0) is 67.9 Å². The first-order valence-electron chi connectivity index (χ1n) is 10.9. The van der Waals surface area contributed by atoms with Gasteiger partial charge < -0.3 is 25.8 Å². The molecule has 0 aliphatic rings. The highest BCUT2D eigenvalue weighted by Gasteiger charge is 2.10. The van der Waals surface area contributed by atoms with Gasteiger partial charge in [-0.2, -0.15) is 0 Å². The van der Waals surface area contributed by atoms with Gasteiger partial charge in [0.05, 0.1) is 11.7 Å². The molecule has 10 heteroatoms. The van der Waals surface area contributed by atoms with E-state index in [-0.39, 0.29) is 18.9 Å². The number of pyridine rings is 1. The second-order valence-electron chi connectivity index (χ2n) is 7.83. The molecule has 4 N–H and O–H groups in total. The topological polar surface area (TPSA) is 138 Å². The number of carboxylic acid groups (broad SMARTS) is 1. The van der Waals surface area contributed by atoms with Gasteiger partial charge in [0.15, 0.2) is 0 Å². The van der Waals surface area contributed by atoms with Gasteiger partial charge in [-0.15, -0.1) is 0 Å². The minimum Gasteiger partial charge on any atom is -0.465 e. The first kappa shape index (κ1) is 23.4. The van der Waals surface area contributed by atoms with Crippen LogP contribution < -0.4 is 20.7 Å². The summed E-state index contributed by atoms with van der Waals surface area (Å²) < 4.78 is 5.94. The lowest BCUT2D eigenvalue weighted by Crippen LogP contribution is -2.25. The van der Waals surface area contributed by atoms with Crippen molar-refractivity contribution >= 4 is 40.1 Å². The van der Waals surface area contributed by atoms with E-state index in [1.165, 1.54) is 6.33 Å². The highest BCUT2D eigenvalue weighted by atomic mass is 16.5. The molecule has 2 aromatic heterocycles. The molecule has 2 aromatic carbocycles. The summed E-state index contributed by atoms with van der Waals surface area (Å²) in [6, 6.07) is 14.8. The summed E-state index contributed by atoms with van der Waals surface area (Å²) >= 11 is 0. The van der Waals surface area contributed by atoms with Crippen molar-refractivity contribution in [3.8, 4) is 11.5 Å². The van der Waals surface area contributed by atoms with Gasteiger partial charge >= 0.3 is 6.09 Å². The number of rotatable bonds is 8. The van der Waals surface area contributed by atoms with Crippen LogP contribution in [0.15, 0.2) is 61.1 Å². The summed E-state index contributed by atoms with van der Waals surface area (Å²) in [7, 11) is 0. The lowest BCUT2D eigenvalue weighted by atomic mass is 10.1. The number of hydrogen-bond donors (Lipinski definition) is 4. The van der Waals surface area contributed by atoms with E-state index in [4.69, 9.17) is 9.84 Å². The Labute approximate surface area is 201 Å². The van der Waals surface area contributed by atoms with Crippen LogP contribution in [0.2, 0.25) is 0 Å². The number of hydrogen-bond acceptors (Lipinski definition) is 7. The first-order valence-corrected chi connectivity index (χ1v) is 10.9. The van der Waals surface area contributed by atoms with Crippen LogP contribution in [-0.2, 0) is 4.79 Å². The molecule has 178 valence electrons. The molecule has 0 saturated heterocycles. The van der Waals surface area contributed by atoms with Crippen LogP contribution >= 0.6 is 0 Å². The third-order valence-electron chi connectivity index (χ3n) is 5.10. The maximum absolute atomic E-state index is 12.1. The molecule has 10 nitrogen and oxygen atoms in total. The van der Waals surface area contributed by atoms with Gasteiger partial charge in [-0.3, -0.25) is 9.78 Å². The Hall–Kier alpha value is -4.73. The zero-order valence-electron chi connectivity index (χ0n) is 19.2. The molecular weight excluding hydrogens is 448 g/mol. The minimum atomic E-state index is -1.17. The molecule has 0 fully saturated rings. The van der Waals surface area contributed by atoms with Crippen LogP contribution in [0.25, 0.3) is 10.9 Å². The number of benzene rings is 2. The molecule has 0 radical (unpaired) electrons. The standard InChI is InChI=1S/C25H24N6O4/c1-15-11-17(5-8-22(15)35-19-6-3-16(2)27-13-19)31-24-20-12-18(4-7-21(20)28-14-29-24)30-23(32)9-10-26-25(33)34/h3-8,11-14,26H,9-10H2,1-2H3,(H,30,32)(H,33,34)(H,28,29,31). The summed E-state index contributed by atoms with van der Waals surface area (Å²) in [6.07, 6.45) is 2.01. The summed E-state index contributed by atoms with van der Waals surface area (Å²) in [5.41, 5.74) is 3.92. The Morgan fingerprint density at radius 3 is 2.54 bits per heavy atom. The summed E-state index contributed by atoms with van der Waals surface area (Å²) in [4.78, 5) is 35.6. The van der Waals surface area contributed by atoms with Crippen LogP contribution in [0.4, 0.5) is 22.0 Å². The third kappa shape index (κ3) is 6.20. The molecule has 0 aliphatic heterocycles. The van der Waals surface area contributed by atoms with Gasteiger partial charge in [0.1, 0.15) is 23.6 Å². The predicted molar refractivity (Wildman–Crippen MR) is 132 cm³/mol. The van der Waals surface area contributed by atoms with Crippen LogP contribution in [0.5, 0.6) is 11.5 Å². The molecule has 0 saturated carbocycles. The fourth-order valence-electron chi connectivity index (χ4n) is 3.36. The number of anilines is 3. The van der Waals surface area contributed by atoms with E-state index in [0.717, 1.165) is 28.1 Å². The SMILES string of the molecule is Cc1ccc(Oc2ccc(Nc3ncnc4ccc(NC(=O)CCNC(=O)O)cc34)cc2C)cn1. The number of aromatic nitrogens is 3. The van der Waals surface area contributed by atoms with Gasteiger partial charge in [0.25, 0.3) is 0 Å². The van der Waals surface area contributed by atoms with Crippen LogP contribution in [0.1, 0.15) is 17.7 Å². The maximum Gasteiger partial charge on any atom is 0.404 e. The van der Waals surface area contributed by atoms with Crippen molar-refractivity contribution in [1.82, 2.24) is 20.3 Å². The average Bonchev–Trinajstić information content (AvgIpc) is 2.82. The lowest BCUT2D eigenvalue weighted by Gasteiger charge is -2.13.